The van der Waals surface area contributed by atoms with Crippen molar-refractivity contribution in [1.29, 1.82) is 0 Å². The SMILES string of the molecule is COC(=O)c1cnc(N2C3CC[C@H]2CC(OCc2c(C4CCCCC4C)noc2C2CC2)C3)cn1. The molecule has 8 heteroatoms. The Morgan fingerprint density at radius 3 is 2.49 bits per heavy atom. The van der Waals surface area contributed by atoms with E-state index in [1.807, 2.05) is 0 Å². The van der Waals surface area contributed by atoms with Crippen LogP contribution in [0, 0.1) is 5.92 Å². The molecule has 188 valence electrons. The van der Waals surface area contributed by atoms with Gasteiger partial charge < -0.3 is 18.9 Å². The van der Waals surface area contributed by atoms with Crippen LogP contribution in [0.25, 0.3) is 0 Å². The van der Waals surface area contributed by atoms with Gasteiger partial charge in [-0.05, 0) is 50.9 Å². The fourth-order valence-electron chi connectivity index (χ4n) is 6.66. The highest BCUT2D eigenvalue weighted by Crippen LogP contribution is 2.47. The summed E-state index contributed by atoms with van der Waals surface area (Å²) in [4.78, 5) is 22.9. The van der Waals surface area contributed by atoms with E-state index in [1.165, 1.54) is 63.1 Å². The highest BCUT2D eigenvalue weighted by Gasteiger charge is 2.43. The summed E-state index contributed by atoms with van der Waals surface area (Å²) < 4.78 is 17.3. The second-order valence-electron chi connectivity index (χ2n) is 11.0. The number of hydrogen-bond donors (Lipinski definition) is 0. The molecule has 2 bridgehead atoms. The summed E-state index contributed by atoms with van der Waals surface area (Å²) >= 11 is 0. The van der Waals surface area contributed by atoms with E-state index in [-0.39, 0.29) is 11.8 Å². The van der Waals surface area contributed by atoms with Crippen LogP contribution in [0.3, 0.4) is 0 Å². The Kier molecular flexibility index (Phi) is 6.25. The number of esters is 1. The quantitative estimate of drug-likeness (QED) is 0.503. The molecule has 0 aromatic carbocycles. The molecule has 6 rings (SSSR count). The number of carbonyl (C=O) groups is 1. The van der Waals surface area contributed by atoms with E-state index >= 15 is 0 Å². The third kappa shape index (κ3) is 4.46. The van der Waals surface area contributed by atoms with Gasteiger partial charge >= 0.3 is 5.97 Å². The van der Waals surface area contributed by atoms with Crippen molar-refractivity contribution in [3.63, 3.8) is 0 Å². The lowest BCUT2D eigenvalue weighted by molar-refractivity contribution is 0.0138. The topological polar surface area (TPSA) is 90.6 Å². The second-order valence-corrected chi connectivity index (χ2v) is 11.0. The smallest absolute Gasteiger partial charge is 0.358 e. The molecule has 2 saturated carbocycles. The van der Waals surface area contributed by atoms with Crippen molar-refractivity contribution in [2.24, 2.45) is 5.92 Å². The molecular formula is C27H36N4O4. The van der Waals surface area contributed by atoms with E-state index in [9.17, 15) is 4.79 Å². The number of ether oxygens (including phenoxy) is 2. The summed E-state index contributed by atoms with van der Waals surface area (Å²) in [5.41, 5.74) is 2.68. The van der Waals surface area contributed by atoms with Crippen molar-refractivity contribution < 1.29 is 18.8 Å². The highest BCUT2D eigenvalue weighted by atomic mass is 16.5. The lowest BCUT2D eigenvalue weighted by atomic mass is 9.77. The molecule has 8 nitrogen and oxygen atoms in total. The number of nitrogens with zero attached hydrogens (tertiary/aromatic N) is 4. The Labute approximate surface area is 206 Å². The molecule has 35 heavy (non-hydrogen) atoms. The minimum atomic E-state index is -0.458. The van der Waals surface area contributed by atoms with Crippen LogP contribution in [-0.2, 0) is 16.1 Å². The molecule has 4 unspecified atom stereocenters. The van der Waals surface area contributed by atoms with Gasteiger partial charge in [-0.1, -0.05) is 31.3 Å². The number of methoxy groups -OCH3 is 1. The first-order valence-electron chi connectivity index (χ1n) is 13.4. The molecule has 2 aromatic heterocycles. The average Bonchev–Trinajstić information content (AvgIpc) is 3.59. The van der Waals surface area contributed by atoms with E-state index < -0.39 is 5.97 Å². The van der Waals surface area contributed by atoms with Gasteiger partial charge in [0, 0.05) is 29.5 Å². The van der Waals surface area contributed by atoms with Crippen LogP contribution in [0.4, 0.5) is 5.82 Å². The molecule has 2 aromatic rings. The van der Waals surface area contributed by atoms with Gasteiger partial charge in [-0.25, -0.2) is 14.8 Å². The third-order valence-corrected chi connectivity index (χ3v) is 8.71. The predicted molar refractivity (Wildman–Crippen MR) is 129 cm³/mol. The maximum absolute atomic E-state index is 11.7. The van der Waals surface area contributed by atoms with Gasteiger partial charge in [-0.2, -0.15) is 0 Å². The lowest BCUT2D eigenvalue weighted by Crippen LogP contribution is -2.46. The molecule has 2 saturated heterocycles. The summed E-state index contributed by atoms with van der Waals surface area (Å²) in [7, 11) is 1.36. The summed E-state index contributed by atoms with van der Waals surface area (Å²) in [5, 5.41) is 4.62. The number of aromatic nitrogens is 3. The van der Waals surface area contributed by atoms with Crippen LogP contribution in [0.5, 0.6) is 0 Å². The molecular weight excluding hydrogens is 444 g/mol. The summed E-state index contributed by atoms with van der Waals surface area (Å²) in [6.45, 7) is 2.99. The molecule has 2 aliphatic carbocycles. The van der Waals surface area contributed by atoms with Crippen LogP contribution in [0.15, 0.2) is 16.9 Å². The molecule has 5 atom stereocenters. The van der Waals surface area contributed by atoms with Crippen LogP contribution in [0.1, 0.15) is 110 Å². The van der Waals surface area contributed by atoms with E-state index in [0.29, 0.717) is 36.4 Å². The first-order chi connectivity index (χ1) is 17.1. The van der Waals surface area contributed by atoms with Crippen LogP contribution in [0.2, 0.25) is 0 Å². The van der Waals surface area contributed by atoms with Gasteiger partial charge in [0.25, 0.3) is 0 Å². The van der Waals surface area contributed by atoms with Gasteiger partial charge in [-0.3, -0.25) is 0 Å². The summed E-state index contributed by atoms with van der Waals surface area (Å²) in [5.74, 6) is 3.18. The number of piperidine rings is 1. The zero-order chi connectivity index (χ0) is 23.9. The van der Waals surface area contributed by atoms with E-state index in [4.69, 9.17) is 14.0 Å². The molecule has 0 spiro atoms. The number of rotatable bonds is 7. The molecule has 4 heterocycles. The van der Waals surface area contributed by atoms with Crippen LogP contribution >= 0.6 is 0 Å². The molecule has 0 N–H and O–H groups in total. The standard InChI is InChI=1S/C27H36N4O4/c1-16-5-3-4-6-21(16)25-22(26(35-30-25)17-7-8-17)15-34-20-11-18-9-10-19(12-20)31(18)24-14-28-23(13-29-24)27(32)33-2/h13-14,16-21H,3-12,15H2,1-2H3/t16?,18-,19?,20?,21?/m0/s1. The molecule has 4 aliphatic rings. The van der Waals surface area contributed by atoms with Gasteiger partial charge in [0.15, 0.2) is 5.69 Å². The monoisotopic (exact) mass is 480 g/mol. The van der Waals surface area contributed by atoms with Crippen molar-refractivity contribution >= 4 is 11.8 Å². The van der Waals surface area contributed by atoms with E-state index in [2.05, 4.69) is 26.9 Å². The zero-order valence-corrected chi connectivity index (χ0v) is 20.8. The van der Waals surface area contributed by atoms with Crippen LogP contribution in [-0.4, -0.2) is 46.4 Å². The Hall–Kier alpha value is -2.48. The van der Waals surface area contributed by atoms with Crippen LogP contribution < -0.4 is 4.90 Å². The van der Waals surface area contributed by atoms with Crippen molar-refractivity contribution in [2.75, 3.05) is 12.0 Å². The summed E-state index contributed by atoms with van der Waals surface area (Å²) in [6.07, 6.45) is 15.2. The van der Waals surface area contributed by atoms with Crippen molar-refractivity contribution in [1.82, 2.24) is 15.1 Å². The Morgan fingerprint density at radius 2 is 1.83 bits per heavy atom. The molecule has 2 aliphatic heterocycles. The van der Waals surface area contributed by atoms with Crippen molar-refractivity contribution in [3.05, 3.63) is 35.1 Å². The maximum atomic E-state index is 11.7. The Morgan fingerprint density at radius 1 is 1.06 bits per heavy atom. The molecule has 0 radical (unpaired) electrons. The number of anilines is 1. The lowest BCUT2D eigenvalue weighted by Gasteiger charge is -2.39. The molecule has 0 amide bonds. The zero-order valence-electron chi connectivity index (χ0n) is 20.8. The van der Waals surface area contributed by atoms with Gasteiger partial charge in [0.05, 0.1) is 37.9 Å². The third-order valence-electron chi connectivity index (χ3n) is 8.71. The first-order valence-corrected chi connectivity index (χ1v) is 13.4. The Balaban J connectivity index is 1.13. The first kappa shape index (κ1) is 23.0. The fourth-order valence-corrected chi connectivity index (χ4v) is 6.66. The minimum absolute atomic E-state index is 0.227. The molecule has 4 fully saturated rings. The number of fused-ring (bicyclic) bond motifs is 2. The summed E-state index contributed by atoms with van der Waals surface area (Å²) in [6, 6.07) is 0.778. The maximum Gasteiger partial charge on any atom is 0.358 e. The average molecular weight is 481 g/mol. The van der Waals surface area contributed by atoms with E-state index in [1.54, 1.807) is 6.20 Å². The van der Waals surface area contributed by atoms with Crippen molar-refractivity contribution in [3.8, 4) is 0 Å². The second kappa shape index (κ2) is 9.52. The van der Waals surface area contributed by atoms with Gasteiger partial charge in [0.2, 0.25) is 0 Å². The fraction of sp³-hybridized carbons (Fsp3) is 0.704. The Bertz CT molecular complexity index is 1040. The number of hydrogen-bond acceptors (Lipinski definition) is 8. The number of carbonyl (C=O) groups excluding carboxylic acids is 1. The van der Waals surface area contributed by atoms with Crippen molar-refractivity contribution in [2.45, 2.75) is 108 Å². The largest absolute Gasteiger partial charge is 0.464 e. The van der Waals surface area contributed by atoms with E-state index in [0.717, 1.165) is 37.3 Å². The minimum Gasteiger partial charge on any atom is -0.464 e. The van der Waals surface area contributed by atoms with Gasteiger partial charge in [-0.15, -0.1) is 0 Å². The van der Waals surface area contributed by atoms with Gasteiger partial charge in [0.1, 0.15) is 11.6 Å². The highest BCUT2D eigenvalue weighted by molar-refractivity contribution is 5.86. The normalized spacial score (nSPS) is 30.5. The predicted octanol–water partition coefficient (Wildman–Crippen LogP) is 5.14.